The number of carbonyl (C=O) groups excluding carboxylic acids is 2. The minimum Gasteiger partial charge on any atom is -0.493 e. The van der Waals surface area contributed by atoms with Gasteiger partial charge in [-0.1, -0.05) is 29.8 Å². The summed E-state index contributed by atoms with van der Waals surface area (Å²) in [4.78, 5) is 35.8. The van der Waals surface area contributed by atoms with Crippen LogP contribution in [0.2, 0.25) is 5.02 Å². The number of nitro groups is 1. The molecular weight excluding hydrogens is 398 g/mol. The Morgan fingerprint density at radius 3 is 2.79 bits per heavy atom. The number of halogens is 1. The van der Waals surface area contributed by atoms with Gasteiger partial charge in [0.25, 0.3) is 0 Å². The summed E-state index contributed by atoms with van der Waals surface area (Å²) in [7, 11) is 0. The van der Waals surface area contributed by atoms with Crippen molar-refractivity contribution < 1.29 is 19.2 Å². The molecule has 1 aliphatic rings. The minimum atomic E-state index is -0.715. The number of nitro benzene ring substituents is 1. The number of hydrogen-bond donors (Lipinski definition) is 1. The molecule has 0 spiro atoms. The molecule has 2 N–H and O–H groups in total. The average Bonchev–Trinajstić information content (AvgIpc) is 3.11. The van der Waals surface area contributed by atoms with E-state index in [0.29, 0.717) is 25.7 Å². The van der Waals surface area contributed by atoms with Gasteiger partial charge >= 0.3 is 5.69 Å². The molecule has 0 saturated carbocycles. The Kier molecular flexibility index (Phi) is 6.33. The number of hydrogen-bond acceptors (Lipinski definition) is 6. The van der Waals surface area contributed by atoms with Crippen LogP contribution in [0.5, 0.6) is 5.75 Å². The average molecular weight is 418 g/mol. The maximum atomic E-state index is 12.0. The second-order valence-corrected chi connectivity index (χ2v) is 7.07. The molecule has 1 aliphatic heterocycles. The summed E-state index contributed by atoms with van der Waals surface area (Å²) in [6.45, 7) is 0.880. The first-order valence-corrected chi connectivity index (χ1v) is 9.50. The van der Waals surface area contributed by atoms with Crippen molar-refractivity contribution in [3.05, 3.63) is 62.7 Å². The first kappa shape index (κ1) is 20.6. The highest BCUT2D eigenvalue weighted by atomic mass is 35.5. The molecule has 0 aliphatic carbocycles. The molecule has 8 nitrogen and oxygen atoms in total. The fraction of sp³-hybridized carbons (Fsp3) is 0.300. The van der Waals surface area contributed by atoms with E-state index in [1.807, 2.05) is 29.2 Å². The maximum absolute atomic E-state index is 12.0. The van der Waals surface area contributed by atoms with E-state index in [-0.39, 0.29) is 22.9 Å². The summed E-state index contributed by atoms with van der Waals surface area (Å²) in [5.41, 5.74) is 7.12. The van der Waals surface area contributed by atoms with Crippen molar-refractivity contribution in [1.29, 1.82) is 0 Å². The van der Waals surface area contributed by atoms with Crippen LogP contribution in [0.1, 0.15) is 28.8 Å². The topological polar surface area (TPSA) is 116 Å². The molecule has 2 aromatic rings. The maximum Gasteiger partial charge on any atom is 0.302 e. The van der Waals surface area contributed by atoms with Crippen molar-refractivity contribution in [2.45, 2.75) is 25.3 Å². The van der Waals surface area contributed by atoms with Crippen molar-refractivity contribution in [3.8, 4) is 5.75 Å². The molecular formula is C20H20ClN3O5. The standard InChI is InChI=1S/C20H20ClN3O5/c21-15-7-8-18(14(12-25)19(15)24(27)28)29-11-3-6-17(20(22)26)23-10-9-13-4-1-2-5-16(13)23/h1-2,4-5,7-8,12,17H,3,6,9-11H2,(H2,22,26). The van der Waals surface area contributed by atoms with Gasteiger partial charge in [0.05, 0.1) is 11.5 Å². The monoisotopic (exact) mass is 417 g/mol. The van der Waals surface area contributed by atoms with Gasteiger partial charge in [-0.3, -0.25) is 19.7 Å². The summed E-state index contributed by atoms with van der Waals surface area (Å²) in [6.07, 6.45) is 2.14. The lowest BCUT2D eigenvalue weighted by Gasteiger charge is -2.28. The Balaban J connectivity index is 1.65. The normalized spacial score (nSPS) is 13.6. The summed E-state index contributed by atoms with van der Waals surface area (Å²) >= 11 is 5.81. The second-order valence-electron chi connectivity index (χ2n) is 6.66. The highest BCUT2D eigenvalue weighted by Gasteiger charge is 2.29. The second kappa shape index (κ2) is 8.91. The predicted octanol–water partition coefficient (Wildman–Crippen LogP) is 3.14. The van der Waals surface area contributed by atoms with Crippen molar-refractivity contribution >= 4 is 35.2 Å². The van der Waals surface area contributed by atoms with E-state index in [1.54, 1.807) is 0 Å². The SMILES string of the molecule is NC(=O)C(CCCOc1ccc(Cl)c([N+](=O)[O-])c1C=O)N1CCc2ccccc21. The first-order valence-electron chi connectivity index (χ1n) is 9.12. The van der Waals surface area contributed by atoms with E-state index in [2.05, 4.69) is 0 Å². The van der Waals surface area contributed by atoms with Crippen LogP contribution in [-0.2, 0) is 11.2 Å². The first-order chi connectivity index (χ1) is 13.9. The van der Waals surface area contributed by atoms with E-state index in [0.717, 1.165) is 12.1 Å². The molecule has 29 heavy (non-hydrogen) atoms. The van der Waals surface area contributed by atoms with Gasteiger partial charge in [-0.05, 0) is 43.0 Å². The summed E-state index contributed by atoms with van der Waals surface area (Å²) < 4.78 is 5.57. The number of amides is 1. The molecule has 1 unspecified atom stereocenters. The van der Waals surface area contributed by atoms with Crippen molar-refractivity contribution in [2.75, 3.05) is 18.1 Å². The largest absolute Gasteiger partial charge is 0.493 e. The zero-order chi connectivity index (χ0) is 21.0. The van der Waals surface area contributed by atoms with Crippen LogP contribution in [0.3, 0.4) is 0 Å². The number of nitrogens with two attached hydrogens (primary N) is 1. The highest BCUT2D eigenvalue weighted by molar-refractivity contribution is 6.33. The Hall–Kier alpha value is -3.13. The van der Waals surface area contributed by atoms with Crippen LogP contribution >= 0.6 is 11.6 Å². The molecule has 9 heteroatoms. The minimum absolute atomic E-state index is 0.0817. The Morgan fingerprint density at radius 1 is 1.34 bits per heavy atom. The number of rotatable bonds is 9. The molecule has 3 rings (SSSR count). The van der Waals surface area contributed by atoms with E-state index < -0.39 is 22.6 Å². The molecule has 0 saturated heterocycles. The Morgan fingerprint density at radius 2 is 2.10 bits per heavy atom. The number of carbonyl (C=O) groups is 2. The molecule has 1 heterocycles. The quantitative estimate of drug-likeness (QED) is 0.290. The smallest absolute Gasteiger partial charge is 0.302 e. The molecule has 152 valence electrons. The number of primary amides is 1. The van der Waals surface area contributed by atoms with Gasteiger partial charge in [-0.25, -0.2) is 0 Å². The third-order valence-electron chi connectivity index (χ3n) is 4.94. The molecule has 0 aromatic heterocycles. The van der Waals surface area contributed by atoms with Crippen LogP contribution in [0.4, 0.5) is 11.4 Å². The van der Waals surface area contributed by atoms with Crippen molar-refractivity contribution in [2.24, 2.45) is 5.73 Å². The highest BCUT2D eigenvalue weighted by Crippen LogP contribution is 2.34. The lowest BCUT2D eigenvalue weighted by Crippen LogP contribution is -2.44. The summed E-state index contributed by atoms with van der Waals surface area (Å²) in [5.74, 6) is -0.337. The molecule has 0 bridgehead atoms. The van der Waals surface area contributed by atoms with Crippen molar-refractivity contribution in [1.82, 2.24) is 0 Å². The van der Waals surface area contributed by atoms with Gasteiger partial charge in [-0.15, -0.1) is 0 Å². The number of anilines is 1. The van der Waals surface area contributed by atoms with Gasteiger partial charge in [0, 0.05) is 12.2 Å². The molecule has 0 fully saturated rings. The lowest BCUT2D eigenvalue weighted by molar-refractivity contribution is -0.385. The zero-order valence-electron chi connectivity index (χ0n) is 15.5. The summed E-state index contributed by atoms with van der Waals surface area (Å²) in [5, 5.41) is 11.0. The number of fused-ring (bicyclic) bond motifs is 1. The van der Waals surface area contributed by atoms with E-state index >= 15 is 0 Å². The van der Waals surface area contributed by atoms with Gasteiger partial charge in [0.15, 0.2) is 6.29 Å². The van der Waals surface area contributed by atoms with Gasteiger partial charge in [-0.2, -0.15) is 0 Å². The lowest BCUT2D eigenvalue weighted by atomic mass is 10.1. The van der Waals surface area contributed by atoms with Crippen LogP contribution < -0.4 is 15.4 Å². The summed E-state index contributed by atoms with van der Waals surface area (Å²) in [6, 6.07) is 10.1. The number of benzene rings is 2. The third kappa shape index (κ3) is 4.32. The fourth-order valence-electron chi connectivity index (χ4n) is 3.59. The van der Waals surface area contributed by atoms with Gasteiger partial charge < -0.3 is 15.4 Å². The van der Waals surface area contributed by atoms with Crippen molar-refractivity contribution in [3.63, 3.8) is 0 Å². The third-order valence-corrected chi connectivity index (χ3v) is 5.24. The number of ether oxygens (including phenoxy) is 1. The fourth-order valence-corrected chi connectivity index (χ4v) is 3.82. The number of nitrogens with zero attached hydrogens (tertiary/aromatic N) is 2. The Bertz CT molecular complexity index is 950. The molecule has 1 atom stereocenters. The van der Waals surface area contributed by atoms with E-state index in [1.165, 1.54) is 17.7 Å². The molecule has 2 aromatic carbocycles. The molecule has 0 radical (unpaired) electrons. The number of para-hydroxylation sites is 1. The van der Waals surface area contributed by atoms with Crippen LogP contribution in [0.15, 0.2) is 36.4 Å². The molecule has 1 amide bonds. The number of aldehydes is 1. The predicted molar refractivity (Wildman–Crippen MR) is 109 cm³/mol. The Labute approximate surface area is 172 Å². The van der Waals surface area contributed by atoms with Crippen LogP contribution in [0, 0.1) is 10.1 Å². The van der Waals surface area contributed by atoms with E-state index in [4.69, 9.17) is 22.1 Å². The van der Waals surface area contributed by atoms with Gasteiger partial charge in [0.1, 0.15) is 22.4 Å². The zero-order valence-corrected chi connectivity index (χ0v) is 16.3. The van der Waals surface area contributed by atoms with Crippen LogP contribution in [-0.4, -0.2) is 36.3 Å². The van der Waals surface area contributed by atoms with Crippen LogP contribution in [0.25, 0.3) is 0 Å². The van der Waals surface area contributed by atoms with E-state index in [9.17, 15) is 19.7 Å². The van der Waals surface area contributed by atoms with Gasteiger partial charge in [0.2, 0.25) is 5.91 Å².